The number of nitrogens with zero attached hydrogens (tertiary/aromatic N) is 1. The number of hydrogen-bond acceptors (Lipinski definition) is 7. The lowest BCUT2D eigenvalue weighted by Gasteiger charge is -2.04. The van der Waals surface area contributed by atoms with Gasteiger partial charge in [-0.3, -0.25) is 4.79 Å². The third-order valence-corrected chi connectivity index (χ3v) is 7.27. The number of aryl methyl sites for hydroxylation is 2. The molecule has 170 valence electrons. The van der Waals surface area contributed by atoms with E-state index in [1.165, 1.54) is 4.90 Å². The Kier molecular flexibility index (Phi) is 8.15. The quantitative estimate of drug-likeness (QED) is 0.367. The number of methoxy groups -OCH3 is 1. The first-order valence-electron chi connectivity index (χ1n) is 10.3. The van der Waals surface area contributed by atoms with Crippen molar-refractivity contribution in [1.29, 1.82) is 0 Å². The summed E-state index contributed by atoms with van der Waals surface area (Å²) < 4.78 is 35.9. The predicted octanol–water partition coefficient (Wildman–Crippen LogP) is 4.89. The van der Waals surface area contributed by atoms with Crippen LogP contribution in [0, 0.1) is 6.92 Å². The summed E-state index contributed by atoms with van der Waals surface area (Å²) in [7, 11) is -2.05. The van der Waals surface area contributed by atoms with E-state index in [9.17, 15) is 13.2 Å². The van der Waals surface area contributed by atoms with Crippen molar-refractivity contribution in [1.82, 2.24) is 4.98 Å². The molecule has 32 heavy (non-hydrogen) atoms. The predicted molar refractivity (Wildman–Crippen MR) is 127 cm³/mol. The lowest BCUT2D eigenvalue weighted by Crippen LogP contribution is -2.18. The van der Waals surface area contributed by atoms with Crippen LogP contribution in [-0.2, 0) is 26.8 Å². The Labute approximate surface area is 193 Å². The number of ether oxygens (including phenoxy) is 1. The van der Waals surface area contributed by atoms with Gasteiger partial charge in [0.1, 0.15) is 23.0 Å². The third kappa shape index (κ3) is 6.71. The molecule has 0 amide bonds. The zero-order valence-electron chi connectivity index (χ0n) is 18.5. The first kappa shape index (κ1) is 24.1. The van der Waals surface area contributed by atoms with E-state index in [-0.39, 0.29) is 18.0 Å². The van der Waals surface area contributed by atoms with Crippen molar-refractivity contribution in [3.63, 3.8) is 0 Å². The number of thioether (sulfide) groups is 1. The summed E-state index contributed by atoms with van der Waals surface area (Å²) in [5.41, 5.74) is 2.19. The van der Waals surface area contributed by atoms with Crippen molar-refractivity contribution in [3.05, 3.63) is 65.5 Å². The summed E-state index contributed by atoms with van der Waals surface area (Å²) in [6.45, 7) is 1.68. The number of Topliss-reactive ketones (excluding diaryl/α,β-unsaturated/α-hetero) is 1. The van der Waals surface area contributed by atoms with E-state index in [1.807, 2.05) is 30.5 Å². The molecule has 0 bridgehead atoms. The summed E-state index contributed by atoms with van der Waals surface area (Å²) in [5.74, 6) is 0.399. The fourth-order valence-corrected chi connectivity index (χ4v) is 5.11. The first-order chi connectivity index (χ1) is 15.3. The summed E-state index contributed by atoms with van der Waals surface area (Å²) >= 11 is 1.68. The molecule has 1 aromatic heterocycles. The van der Waals surface area contributed by atoms with Crippen LogP contribution in [0.25, 0.3) is 11.5 Å². The third-order valence-electron chi connectivity index (χ3n) is 5.05. The molecule has 0 aliphatic heterocycles. The molecule has 6 nitrogen and oxygen atoms in total. The molecular formula is C24H27NO5S2. The standard InChI is InChI=1S/C24H27NO5S2/c1-17-23(25-24(30-17)19-9-11-21(29-2)12-10-19)16-32(27,28)15-20(26)6-4-5-18-7-13-22(31-3)14-8-18/h7-14H,4-6,15-16H2,1-3H3. The Hall–Kier alpha value is -2.58. The smallest absolute Gasteiger partial charge is 0.226 e. The van der Waals surface area contributed by atoms with Crippen LogP contribution in [-0.4, -0.2) is 38.3 Å². The summed E-state index contributed by atoms with van der Waals surface area (Å²) in [5, 5.41) is 0. The Morgan fingerprint density at radius 2 is 1.78 bits per heavy atom. The molecule has 0 aliphatic rings. The molecule has 0 atom stereocenters. The maximum Gasteiger partial charge on any atom is 0.226 e. The number of oxazole rings is 1. The molecule has 0 N–H and O–H groups in total. The number of hydrogen-bond donors (Lipinski definition) is 0. The molecule has 3 aromatic rings. The zero-order chi connectivity index (χ0) is 23.1. The van der Waals surface area contributed by atoms with Gasteiger partial charge in [-0.1, -0.05) is 12.1 Å². The molecule has 2 aromatic carbocycles. The minimum absolute atomic E-state index is 0.235. The number of aromatic nitrogens is 1. The highest BCUT2D eigenvalue weighted by molar-refractivity contribution is 7.98. The van der Waals surface area contributed by atoms with Gasteiger partial charge >= 0.3 is 0 Å². The zero-order valence-corrected chi connectivity index (χ0v) is 20.1. The molecule has 0 spiro atoms. The normalized spacial score (nSPS) is 11.5. The number of rotatable bonds is 11. The van der Waals surface area contributed by atoms with Crippen LogP contribution in [0.1, 0.15) is 29.9 Å². The van der Waals surface area contributed by atoms with Crippen LogP contribution in [0.4, 0.5) is 0 Å². The van der Waals surface area contributed by atoms with Gasteiger partial charge in [0.05, 0.1) is 18.6 Å². The Morgan fingerprint density at radius 3 is 2.41 bits per heavy atom. The molecule has 1 heterocycles. The topological polar surface area (TPSA) is 86.5 Å². The second-order valence-electron chi connectivity index (χ2n) is 7.52. The average molecular weight is 474 g/mol. The molecule has 0 fully saturated rings. The molecule has 0 unspecified atom stereocenters. The SMILES string of the molecule is COc1ccc(-c2nc(CS(=O)(=O)CC(=O)CCCc3ccc(SC)cc3)c(C)o2)cc1. The molecule has 0 saturated heterocycles. The molecule has 0 aliphatic carbocycles. The Morgan fingerprint density at radius 1 is 1.09 bits per heavy atom. The van der Waals surface area contributed by atoms with Crippen molar-refractivity contribution in [2.45, 2.75) is 36.8 Å². The second-order valence-corrected chi connectivity index (χ2v) is 10.5. The van der Waals surface area contributed by atoms with Crippen molar-refractivity contribution < 1.29 is 22.4 Å². The van der Waals surface area contributed by atoms with E-state index >= 15 is 0 Å². The minimum atomic E-state index is -3.63. The molecule has 8 heteroatoms. The first-order valence-corrected chi connectivity index (χ1v) is 13.3. The maximum atomic E-state index is 12.6. The van der Waals surface area contributed by atoms with E-state index in [2.05, 4.69) is 4.98 Å². The maximum absolute atomic E-state index is 12.6. The van der Waals surface area contributed by atoms with Crippen molar-refractivity contribution in [2.24, 2.45) is 0 Å². The minimum Gasteiger partial charge on any atom is -0.497 e. The Bertz CT molecular complexity index is 1150. The molecule has 0 radical (unpaired) electrons. The van der Waals surface area contributed by atoms with Gasteiger partial charge < -0.3 is 9.15 Å². The van der Waals surface area contributed by atoms with Gasteiger partial charge in [0.25, 0.3) is 0 Å². The number of carbonyl (C=O) groups is 1. The van der Waals surface area contributed by atoms with E-state index in [0.717, 1.165) is 17.5 Å². The average Bonchev–Trinajstić information content (AvgIpc) is 3.13. The van der Waals surface area contributed by atoms with Crippen LogP contribution in [0.2, 0.25) is 0 Å². The lowest BCUT2D eigenvalue weighted by molar-refractivity contribution is -0.116. The van der Waals surface area contributed by atoms with Crippen molar-refractivity contribution in [3.8, 4) is 17.2 Å². The number of ketones is 1. The molecule has 0 saturated carbocycles. The lowest BCUT2D eigenvalue weighted by atomic mass is 10.1. The van der Waals surface area contributed by atoms with Gasteiger partial charge in [0.2, 0.25) is 5.89 Å². The van der Waals surface area contributed by atoms with Gasteiger partial charge in [-0.05, 0) is 68.0 Å². The van der Waals surface area contributed by atoms with Crippen molar-refractivity contribution >= 4 is 27.4 Å². The van der Waals surface area contributed by atoms with Crippen molar-refractivity contribution in [2.75, 3.05) is 19.1 Å². The fraction of sp³-hybridized carbons (Fsp3) is 0.333. The van der Waals surface area contributed by atoms with Crippen LogP contribution >= 0.6 is 11.8 Å². The van der Waals surface area contributed by atoms with Crippen LogP contribution in [0.5, 0.6) is 5.75 Å². The highest BCUT2D eigenvalue weighted by Crippen LogP contribution is 2.25. The summed E-state index contributed by atoms with van der Waals surface area (Å²) in [6.07, 6.45) is 3.62. The highest BCUT2D eigenvalue weighted by atomic mass is 32.2. The van der Waals surface area contributed by atoms with E-state index < -0.39 is 15.6 Å². The van der Waals surface area contributed by atoms with Gasteiger partial charge in [-0.15, -0.1) is 11.8 Å². The van der Waals surface area contributed by atoms with Crippen LogP contribution in [0.3, 0.4) is 0 Å². The van der Waals surface area contributed by atoms with Crippen LogP contribution < -0.4 is 4.74 Å². The van der Waals surface area contributed by atoms with Gasteiger partial charge in [0.15, 0.2) is 9.84 Å². The molecule has 3 rings (SSSR count). The molecular weight excluding hydrogens is 446 g/mol. The van der Waals surface area contributed by atoms with Gasteiger partial charge in [-0.2, -0.15) is 0 Å². The number of benzene rings is 2. The van der Waals surface area contributed by atoms with Gasteiger partial charge in [-0.25, -0.2) is 13.4 Å². The highest BCUT2D eigenvalue weighted by Gasteiger charge is 2.22. The Balaban J connectivity index is 1.54. The van der Waals surface area contributed by atoms with E-state index in [4.69, 9.17) is 9.15 Å². The summed E-state index contributed by atoms with van der Waals surface area (Å²) in [4.78, 5) is 17.8. The number of carbonyl (C=O) groups excluding carboxylic acids is 1. The van der Waals surface area contributed by atoms with Gasteiger partial charge in [0, 0.05) is 16.9 Å². The van der Waals surface area contributed by atoms with E-state index in [1.54, 1.807) is 50.1 Å². The fourth-order valence-electron chi connectivity index (χ4n) is 3.28. The van der Waals surface area contributed by atoms with Crippen LogP contribution in [0.15, 0.2) is 57.8 Å². The number of sulfone groups is 1. The monoisotopic (exact) mass is 473 g/mol. The van der Waals surface area contributed by atoms with E-state index in [0.29, 0.717) is 29.5 Å². The second kappa shape index (κ2) is 10.8. The summed E-state index contributed by atoms with van der Waals surface area (Å²) in [6, 6.07) is 15.3. The largest absolute Gasteiger partial charge is 0.497 e.